The molecule has 0 aliphatic heterocycles. The highest BCUT2D eigenvalue weighted by Gasteiger charge is 2.18. The normalized spacial score (nSPS) is 11.1. The maximum absolute atomic E-state index is 13.5. The molecule has 0 aliphatic rings. The number of hydrogen-bond acceptors (Lipinski definition) is 2. The van der Waals surface area contributed by atoms with Crippen molar-refractivity contribution in [1.82, 2.24) is 14.8 Å². The second-order valence-corrected chi connectivity index (χ2v) is 8.37. The average molecular weight is 453 g/mol. The van der Waals surface area contributed by atoms with Gasteiger partial charge in [-0.3, -0.25) is 4.79 Å². The third-order valence-corrected chi connectivity index (χ3v) is 6.11. The lowest BCUT2D eigenvalue weighted by Gasteiger charge is -2.08. The van der Waals surface area contributed by atoms with Gasteiger partial charge in [0.1, 0.15) is 5.82 Å². The molecule has 0 saturated carbocycles. The molecule has 5 aromatic rings. The van der Waals surface area contributed by atoms with Gasteiger partial charge in [-0.25, -0.2) is 9.07 Å². The number of aryl methyl sites for hydroxylation is 2. The highest BCUT2D eigenvalue weighted by Crippen LogP contribution is 2.32. The van der Waals surface area contributed by atoms with Gasteiger partial charge < -0.3 is 10.3 Å². The number of amides is 1. The van der Waals surface area contributed by atoms with Crippen LogP contribution in [0.5, 0.6) is 0 Å². The molecule has 1 amide bonds. The molecule has 2 aromatic heterocycles. The van der Waals surface area contributed by atoms with Crippen LogP contribution in [0.4, 0.5) is 10.1 Å². The predicted octanol–water partition coefficient (Wildman–Crippen LogP) is 6.35. The van der Waals surface area contributed by atoms with Gasteiger partial charge in [0, 0.05) is 23.0 Å². The number of halogens is 1. The Morgan fingerprint density at radius 2 is 1.68 bits per heavy atom. The average Bonchev–Trinajstić information content (AvgIpc) is 3.36. The number of rotatable bonds is 6. The minimum Gasteiger partial charge on any atom is -0.354 e. The van der Waals surface area contributed by atoms with Crippen LogP contribution >= 0.6 is 0 Å². The summed E-state index contributed by atoms with van der Waals surface area (Å²) < 4.78 is 15.3. The Labute approximate surface area is 197 Å². The summed E-state index contributed by atoms with van der Waals surface area (Å²) >= 11 is 0. The van der Waals surface area contributed by atoms with Crippen LogP contribution in [0.25, 0.3) is 27.8 Å². The summed E-state index contributed by atoms with van der Waals surface area (Å²) in [5.74, 6) is -0.350. The van der Waals surface area contributed by atoms with E-state index in [1.54, 1.807) is 12.1 Å². The zero-order valence-corrected chi connectivity index (χ0v) is 19.1. The standard InChI is InChI=1S/C28H25FN4O/c1-18-27(19(2)33(32-18)22-8-4-3-5-9-22)31-26(34)17-16-24-23-10-6-7-11-25(23)30-28(24)20-12-14-21(29)15-13-20/h3-15,30H,16-17H2,1-2H3,(H,31,34). The second kappa shape index (κ2) is 8.98. The Morgan fingerprint density at radius 3 is 2.44 bits per heavy atom. The molecule has 34 heavy (non-hydrogen) atoms. The van der Waals surface area contributed by atoms with E-state index in [9.17, 15) is 9.18 Å². The fraction of sp³-hybridized carbons (Fsp3) is 0.143. The second-order valence-electron chi connectivity index (χ2n) is 8.37. The molecule has 0 bridgehead atoms. The summed E-state index contributed by atoms with van der Waals surface area (Å²) in [5, 5.41) is 8.74. The van der Waals surface area contributed by atoms with Crippen LogP contribution in [0.3, 0.4) is 0 Å². The highest BCUT2D eigenvalue weighted by molar-refractivity contribution is 5.94. The minimum absolute atomic E-state index is 0.0749. The van der Waals surface area contributed by atoms with Crippen molar-refractivity contribution in [3.05, 3.63) is 102 Å². The van der Waals surface area contributed by atoms with Gasteiger partial charge in [-0.2, -0.15) is 5.10 Å². The van der Waals surface area contributed by atoms with Crippen molar-refractivity contribution < 1.29 is 9.18 Å². The first kappa shape index (κ1) is 21.6. The zero-order chi connectivity index (χ0) is 23.7. The summed E-state index contributed by atoms with van der Waals surface area (Å²) in [6.07, 6.45) is 0.860. The maximum Gasteiger partial charge on any atom is 0.224 e. The van der Waals surface area contributed by atoms with Gasteiger partial charge in [0.05, 0.1) is 22.8 Å². The number of aromatic amines is 1. The SMILES string of the molecule is Cc1nn(-c2ccccc2)c(C)c1NC(=O)CCc1c(-c2ccc(F)cc2)[nH]c2ccccc12. The summed E-state index contributed by atoms with van der Waals surface area (Å²) in [6.45, 7) is 3.85. The molecule has 170 valence electrons. The molecule has 2 heterocycles. The van der Waals surface area contributed by atoms with E-state index < -0.39 is 0 Å². The van der Waals surface area contributed by atoms with Gasteiger partial charge in [-0.15, -0.1) is 0 Å². The molecule has 5 rings (SSSR count). The summed E-state index contributed by atoms with van der Waals surface area (Å²) in [5.41, 5.74) is 7.20. The van der Waals surface area contributed by atoms with Crippen LogP contribution in [0.1, 0.15) is 23.4 Å². The quantitative estimate of drug-likeness (QED) is 0.315. The summed E-state index contributed by atoms with van der Waals surface area (Å²) in [6, 6.07) is 24.3. The lowest BCUT2D eigenvalue weighted by molar-refractivity contribution is -0.116. The number of nitrogens with one attached hydrogen (secondary N) is 2. The first-order valence-corrected chi connectivity index (χ1v) is 11.3. The first-order valence-electron chi connectivity index (χ1n) is 11.3. The molecule has 0 spiro atoms. The summed E-state index contributed by atoms with van der Waals surface area (Å²) in [7, 11) is 0. The van der Waals surface area contributed by atoms with Crippen molar-refractivity contribution in [3.8, 4) is 16.9 Å². The molecule has 0 unspecified atom stereocenters. The van der Waals surface area contributed by atoms with Crippen LogP contribution < -0.4 is 5.32 Å². The van der Waals surface area contributed by atoms with Gasteiger partial charge in [-0.1, -0.05) is 36.4 Å². The number of para-hydroxylation sites is 2. The van der Waals surface area contributed by atoms with Gasteiger partial charge in [0.25, 0.3) is 0 Å². The van der Waals surface area contributed by atoms with Crippen LogP contribution in [0.2, 0.25) is 0 Å². The monoisotopic (exact) mass is 452 g/mol. The Morgan fingerprint density at radius 1 is 0.971 bits per heavy atom. The number of carbonyl (C=O) groups excluding carboxylic acids is 1. The fourth-order valence-corrected chi connectivity index (χ4v) is 4.41. The van der Waals surface area contributed by atoms with E-state index in [1.165, 1.54) is 12.1 Å². The van der Waals surface area contributed by atoms with E-state index in [2.05, 4.69) is 15.4 Å². The molecule has 0 atom stereocenters. The Balaban J connectivity index is 1.39. The number of hydrogen-bond donors (Lipinski definition) is 2. The Kier molecular flexibility index (Phi) is 5.72. The summed E-state index contributed by atoms with van der Waals surface area (Å²) in [4.78, 5) is 16.4. The molecular formula is C28H25FN4O. The smallest absolute Gasteiger partial charge is 0.224 e. The Bertz CT molecular complexity index is 1470. The maximum atomic E-state index is 13.5. The van der Waals surface area contributed by atoms with Gasteiger partial charge in [0.15, 0.2) is 0 Å². The topological polar surface area (TPSA) is 62.7 Å². The van der Waals surface area contributed by atoms with Crippen LogP contribution in [0.15, 0.2) is 78.9 Å². The van der Waals surface area contributed by atoms with E-state index in [0.29, 0.717) is 12.8 Å². The number of fused-ring (bicyclic) bond motifs is 1. The van der Waals surface area contributed by atoms with E-state index in [1.807, 2.05) is 73.1 Å². The predicted molar refractivity (Wildman–Crippen MR) is 134 cm³/mol. The number of carbonyl (C=O) groups is 1. The molecule has 0 aliphatic carbocycles. The van der Waals surface area contributed by atoms with E-state index in [0.717, 1.165) is 50.5 Å². The highest BCUT2D eigenvalue weighted by atomic mass is 19.1. The molecule has 5 nitrogen and oxygen atoms in total. The number of nitrogens with zero attached hydrogens (tertiary/aromatic N) is 2. The number of aromatic nitrogens is 3. The van der Waals surface area contributed by atoms with Crippen molar-refractivity contribution in [2.45, 2.75) is 26.7 Å². The van der Waals surface area contributed by atoms with E-state index in [-0.39, 0.29) is 11.7 Å². The van der Waals surface area contributed by atoms with E-state index in [4.69, 9.17) is 0 Å². The molecule has 2 N–H and O–H groups in total. The van der Waals surface area contributed by atoms with Crippen molar-refractivity contribution in [3.63, 3.8) is 0 Å². The molecule has 0 saturated heterocycles. The molecule has 0 fully saturated rings. The van der Waals surface area contributed by atoms with Crippen molar-refractivity contribution >= 4 is 22.5 Å². The molecule has 6 heteroatoms. The first-order chi connectivity index (χ1) is 16.5. The lowest BCUT2D eigenvalue weighted by atomic mass is 10.0. The molecule has 3 aromatic carbocycles. The van der Waals surface area contributed by atoms with Gasteiger partial charge >= 0.3 is 0 Å². The Hall–Kier alpha value is -4.19. The van der Waals surface area contributed by atoms with Crippen LogP contribution in [-0.2, 0) is 11.2 Å². The zero-order valence-electron chi connectivity index (χ0n) is 19.1. The molecule has 0 radical (unpaired) electrons. The van der Waals surface area contributed by atoms with Crippen molar-refractivity contribution in [1.29, 1.82) is 0 Å². The largest absolute Gasteiger partial charge is 0.354 e. The van der Waals surface area contributed by atoms with E-state index >= 15 is 0 Å². The van der Waals surface area contributed by atoms with Gasteiger partial charge in [-0.05, 0) is 73.9 Å². The van der Waals surface area contributed by atoms with Crippen LogP contribution in [-0.4, -0.2) is 20.7 Å². The third kappa shape index (κ3) is 4.10. The van der Waals surface area contributed by atoms with Gasteiger partial charge in [0.2, 0.25) is 5.91 Å². The number of anilines is 1. The van der Waals surface area contributed by atoms with Crippen molar-refractivity contribution in [2.24, 2.45) is 0 Å². The van der Waals surface area contributed by atoms with Crippen LogP contribution in [0, 0.1) is 19.7 Å². The fourth-order valence-electron chi connectivity index (χ4n) is 4.41. The number of benzene rings is 3. The number of H-pyrrole nitrogens is 1. The third-order valence-electron chi connectivity index (χ3n) is 6.11. The minimum atomic E-state index is -0.275. The van der Waals surface area contributed by atoms with Crippen molar-refractivity contribution in [2.75, 3.05) is 5.32 Å². The lowest BCUT2D eigenvalue weighted by Crippen LogP contribution is -2.13. The molecular weight excluding hydrogens is 427 g/mol.